The SMILES string of the molecule is CN=C(NCCCN(C)Cc1ccccc1)NCc1ncc(C(C)(C)C)o1. The van der Waals surface area contributed by atoms with Gasteiger partial charge in [-0.15, -0.1) is 0 Å². The molecule has 0 spiro atoms. The van der Waals surface area contributed by atoms with Crippen LogP contribution in [0.4, 0.5) is 0 Å². The van der Waals surface area contributed by atoms with Crippen LogP contribution in [0.25, 0.3) is 0 Å². The molecule has 0 bridgehead atoms. The lowest BCUT2D eigenvalue weighted by Gasteiger charge is -2.17. The number of hydrogen-bond donors (Lipinski definition) is 2. The van der Waals surface area contributed by atoms with Crippen molar-refractivity contribution in [1.29, 1.82) is 0 Å². The van der Waals surface area contributed by atoms with Gasteiger partial charge < -0.3 is 20.0 Å². The molecule has 6 nitrogen and oxygen atoms in total. The predicted molar refractivity (Wildman–Crippen MR) is 111 cm³/mol. The molecule has 1 aromatic heterocycles. The van der Waals surface area contributed by atoms with E-state index < -0.39 is 0 Å². The van der Waals surface area contributed by atoms with E-state index >= 15 is 0 Å². The predicted octanol–water partition coefficient (Wildman–Crippen LogP) is 3.16. The average molecular weight is 372 g/mol. The van der Waals surface area contributed by atoms with Gasteiger partial charge in [0.15, 0.2) is 5.96 Å². The molecule has 0 aliphatic rings. The minimum absolute atomic E-state index is 0.0308. The van der Waals surface area contributed by atoms with E-state index in [2.05, 4.69) is 77.6 Å². The molecule has 0 fully saturated rings. The van der Waals surface area contributed by atoms with E-state index in [0.29, 0.717) is 12.4 Å². The second-order valence-electron chi connectivity index (χ2n) is 7.80. The molecule has 0 saturated heterocycles. The van der Waals surface area contributed by atoms with Crippen LogP contribution in [0.15, 0.2) is 45.9 Å². The number of aromatic nitrogens is 1. The van der Waals surface area contributed by atoms with E-state index in [9.17, 15) is 0 Å². The van der Waals surface area contributed by atoms with Gasteiger partial charge in [-0.25, -0.2) is 4.98 Å². The first-order valence-electron chi connectivity index (χ1n) is 9.50. The summed E-state index contributed by atoms with van der Waals surface area (Å²) in [5, 5.41) is 6.59. The maximum Gasteiger partial charge on any atom is 0.213 e. The van der Waals surface area contributed by atoms with Crippen LogP contribution in [0.5, 0.6) is 0 Å². The highest BCUT2D eigenvalue weighted by Gasteiger charge is 2.19. The Morgan fingerprint density at radius 1 is 1.19 bits per heavy atom. The summed E-state index contributed by atoms with van der Waals surface area (Å²) in [4.78, 5) is 10.9. The number of hydrogen-bond acceptors (Lipinski definition) is 4. The van der Waals surface area contributed by atoms with Crippen molar-refractivity contribution in [2.75, 3.05) is 27.2 Å². The molecule has 2 rings (SSSR count). The minimum atomic E-state index is -0.0308. The van der Waals surface area contributed by atoms with Crippen molar-refractivity contribution in [2.24, 2.45) is 4.99 Å². The lowest BCUT2D eigenvalue weighted by molar-refractivity contribution is 0.322. The van der Waals surface area contributed by atoms with Gasteiger partial charge in [-0.1, -0.05) is 51.1 Å². The van der Waals surface area contributed by atoms with E-state index in [0.717, 1.165) is 37.8 Å². The number of aliphatic imine (C=N–C) groups is 1. The summed E-state index contributed by atoms with van der Waals surface area (Å²) in [5.74, 6) is 2.32. The zero-order chi connectivity index (χ0) is 19.7. The van der Waals surface area contributed by atoms with Gasteiger partial charge in [0, 0.05) is 25.6 Å². The molecule has 27 heavy (non-hydrogen) atoms. The Kier molecular flexibility index (Phi) is 7.85. The fourth-order valence-electron chi connectivity index (χ4n) is 2.65. The Balaban J connectivity index is 1.66. The molecule has 0 aliphatic heterocycles. The maximum atomic E-state index is 5.79. The van der Waals surface area contributed by atoms with Crippen LogP contribution in [0.3, 0.4) is 0 Å². The molecule has 2 N–H and O–H groups in total. The van der Waals surface area contributed by atoms with Gasteiger partial charge in [0.2, 0.25) is 5.89 Å². The van der Waals surface area contributed by atoms with Crippen molar-refractivity contribution in [3.05, 3.63) is 53.7 Å². The summed E-state index contributed by atoms with van der Waals surface area (Å²) < 4.78 is 5.79. The van der Waals surface area contributed by atoms with Gasteiger partial charge >= 0.3 is 0 Å². The Morgan fingerprint density at radius 3 is 2.56 bits per heavy atom. The van der Waals surface area contributed by atoms with Crippen molar-refractivity contribution in [2.45, 2.75) is 45.7 Å². The number of benzene rings is 1. The third kappa shape index (κ3) is 7.43. The molecule has 148 valence electrons. The average Bonchev–Trinajstić information content (AvgIpc) is 3.11. The molecular formula is C21H33N5O. The van der Waals surface area contributed by atoms with E-state index in [-0.39, 0.29) is 5.41 Å². The first-order valence-corrected chi connectivity index (χ1v) is 9.50. The van der Waals surface area contributed by atoms with Crippen LogP contribution in [0.1, 0.15) is 44.4 Å². The first kappa shape index (κ1) is 21.0. The molecule has 0 radical (unpaired) electrons. The fourth-order valence-corrected chi connectivity index (χ4v) is 2.65. The van der Waals surface area contributed by atoms with Crippen molar-refractivity contribution >= 4 is 5.96 Å². The molecule has 1 aromatic carbocycles. The van der Waals surface area contributed by atoms with Gasteiger partial charge in [0.05, 0.1) is 12.7 Å². The molecule has 0 unspecified atom stereocenters. The van der Waals surface area contributed by atoms with Crippen molar-refractivity contribution in [3.8, 4) is 0 Å². The molecule has 0 amide bonds. The Hall–Kier alpha value is -2.34. The molecule has 2 aromatic rings. The van der Waals surface area contributed by atoms with Crippen LogP contribution in [0.2, 0.25) is 0 Å². The summed E-state index contributed by atoms with van der Waals surface area (Å²) in [6.07, 6.45) is 2.84. The van der Waals surface area contributed by atoms with E-state index in [1.54, 1.807) is 13.2 Å². The van der Waals surface area contributed by atoms with Crippen LogP contribution in [0, 0.1) is 0 Å². The highest BCUT2D eigenvalue weighted by atomic mass is 16.4. The highest BCUT2D eigenvalue weighted by Crippen LogP contribution is 2.22. The second-order valence-corrected chi connectivity index (χ2v) is 7.80. The van der Waals surface area contributed by atoms with Crippen LogP contribution in [-0.2, 0) is 18.5 Å². The number of guanidine groups is 1. The quantitative estimate of drug-likeness (QED) is 0.424. The topological polar surface area (TPSA) is 65.7 Å². The third-order valence-corrected chi connectivity index (χ3v) is 4.23. The fraction of sp³-hybridized carbons (Fsp3) is 0.524. The third-order valence-electron chi connectivity index (χ3n) is 4.23. The number of oxazole rings is 1. The lowest BCUT2D eigenvalue weighted by Crippen LogP contribution is -2.38. The summed E-state index contributed by atoms with van der Waals surface area (Å²) in [6.45, 7) is 9.70. The maximum absolute atomic E-state index is 5.79. The minimum Gasteiger partial charge on any atom is -0.443 e. The number of nitrogens with one attached hydrogen (secondary N) is 2. The molecule has 6 heteroatoms. The van der Waals surface area contributed by atoms with Crippen molar-refractivity contribution < 1.29 is 4.42 Å². The van der Waals surface area contributed by atoms with E-state index in [4.69, 9.17) is 4.42 Å². The molecule has 1 heterocycles. The van der Waals surface area contributed by atoms with Gasteiger partial charge in [-0.2, -0.15) is 0 Å². The van der Waals surface area contributed by atoms with Gasteiger partial charge in [-0.3, -0.25) is 4.99 Å². The van der Waals surface area contributed by atoms with Gasteiger partial charge in [0.25, 0.3) is 0 Å². The molecular weight excluding hydrogens is 338 g/mol. The van der Waals surface area contributed by atoms with Gasteiger partial charge in [-0.05, 0) is 25.6 Å². The first-order chi connectivity index (χ1) is 12.9. The largest absolute Gasteiger partial charge is 0.443 e. The summed E-state index contributed by atoms with van der Waals surface area (Å²) >= 11 is 0. The van der Waals surface area contributed by atoms with Crippen LogP contribution < -0.4 is 10.6 Å². The summed E-state index contributed by atoms with van der Waals surface area (Å²) in [7, 11) is 3.92. The monoisotopic (exact) mass is 371 g/mol. The summed E-state index contributed by atoms with van der Waals surface area (Å²) in [6, 6.07) is 10.5. The summed E-state index contributed by atoms with van der Waals surface area (Å²) in [5.41, 5.74) is 1.31. The van der Waals surface area contributed by atoms with Crippen molar-refractivity contribution in [3.63, 3.8) is 0 Å². The van der Waals surface area contributed by atoms with Crippen LogP contribution in [-0.4, -0.2) is 43.0 Å². The van der Waals surface area contributed by atoms with Crippen molar-refractivity contribution in [1.82, 2.24) is 20.5 Å². The molecule has 0 saturated carbocycles. The highest BCUT2D eigenvalue weighted by molar-refractivity contribution is 5.79. The smallest absolute Gasteiger partial charge is 0.213 e. The Bertz CT molecular complexity index is 703. The van der Waals surface area contributed by atoms with E-state index in [1.165, 1.54) is 5.56 Å². The Morgan fingerprint density at radius 2 is 1.93 bits per heavy atom. The number of nitrogens with zero attached hydrogens (tertiary/aromatic N) is 3. The zero-order valence-electron chi connectivity index (χ0n) is 17.2. The standard InChI is InChI=1S/C21H33N5O/c1-21(2,3)18-14-24-19(27-18)15-25-20(22-4)23-12-9-13-26(5)16-17-10-7-6-8-11-17/h6-8,10-11,14H,9,12-13,15-16H2,1-5H3,(H2,22,23,25). The Labute approximate surface area is 163 Å². The van der Waals surface area contributed by atoms with Crippen LogP contribution >= 0.6 is 0 Å². The zero-order valence-corrected chi connectivity index (χ0v) is 17.2. The molecule has 0 aliphatic carbocycles. The molecule has 0 atom stereocenters. The normalized spacial score (nSPS) is 12.4. The number of rotatable bonds is 8. The van der Waals surface area contributed by atoms with E-state index in [1.807, 2.05) is 6.07 Å². The van der Waals surface area contributed by atoms with Gasteiger partial charge in [0.1, 0.15) is 5.76 Å². The second kappa shape index (κ2) is 10.1. The lowest BCUT2D eigenvalue weighted by atomic mass is 9.94.